The smallest absolute Gasteiger partial charge is 0.302 e. The first-order valence-corrected chi connectivity index (χ1v) is 6.38. The zero-order valence-corrected chi connectivity index (χ0v) is 11.9. The molecule has 0 amide bonds. The predicted octanol–water partition coefficient (Wildman–Crippen LogP) is 4.41. The van der Waals surface area contributed by atoms with E-state index in [-0.39, 0.29) is 12.1 Å². The van der Waals surface area contributed by atoms with Crippen LogP contribution in [0.4, 0.5) is 0 Å². The number of allylic oxidation sites excluding steroid dienone is 4. The maximum Gasteiger partial charge on any atom is 0.302 e. The third-order valence-electron chi connectivity index (χ3n) is 2.52. The van der Waals surface area contributed by atoms with Crippen LogP contribution in [0.25, 0.3) is 0 Å². The van der Waals surface area contributed by atoms with Crippen molar-refractivity contribution in [2.75, 3.05) is 0 Å². The summed E-state index contributed by atoms with van der Waals surface area (Å²) in [6, 6.07) is 0. The highest BCUT2D eigenvalue weighted by Gasteiger charge is 2.03. The van der Waals surface area contributed by atoms with Gasteiger partial charge in [0.1, 0.15) is 0 Å². The van der Waals surface area contributed by atoms with Crippen molar-refractivity contribution in [2.24, 2.45) is 0 Å². The summed E-state index contributed by atoms with van der Waals surface area (Å²) in [6.07, 6.45) is 8.65. The van der Waals surface area contributed by atoms with Crippen LogP contribution < -0.4 is 0 Å². The second-order valence-corrected chi connectivity index (χ2v) is 4.87. The molecule has 98 valence electrons. The molecule has 0 aromatic rings. The van der Waals surface area contributed by atoms with Crippen LogP contribution in [-0.4, -0.2) is 12.1 Å². The molecular weight excluding hydrogens is 212 g/mol. The third kappa shape index (κ3) is 11.2. The van der Waals surface area contributed by atoms with Crippen LogP contribution in [0.2, 0.25) is 0 Å². The van der Waals surface area contributed by atoms with Gasteiger partial charge in [0.05, 0.1) is 6.10 Å². The highest BCUT2D eigenvalue weighted by molar-refractivity contribution is 5.66. The maximum atomic E-state index is 10.7. The molecule has 2 nitrogen and oxygen atoms in total. The standard InChI is InChI=1S/C15H26O2/c1-12(2)8-6-9-13(3)10-7-11-14(4)17-15(5)16/h8,10,14H,6-7,9,11H2,1-5H3/b13-10+/t14-/m1/s1. The first-order valence-electron chi connectivity index (χ1n) is 6.38. The van der Waals surface area contributed by atoms with Crippen molar-refractivity contribution in [1.29, 1.82) is 0 Å². The second-order valence-electron chi connectivity index (χ2n) is 4.87. The van der Waals surface area contributed by atoms with Gasteiger partial charge in [-0.15, -0.1) is 0 Å². The van der Waals surface area contributed by atoms with E-state index in [0.717, 1.165) is 25.7 Å². The van der Waals surface area contributed by atoms with Crippen LogP contribution in [0.3, 0.4) is 0 Å². The third-order valence-corrected chi connectivity index (χ3v) is 2.52. The Balaban J connectivity index is 3.76. The molecule has 0 bridgehead atoms. The summed E-state index contributed by atoms with van der Waals surface area (Å²) in [7, 11) is 0. The van der Waals surface area contributed by atoms with Crippen LogP contribution in [0, 0.1) is 0 Å². The summed E-state index contributed by atoms with van der Waals surface area (Å²) >= 11 is 0. The molecular formula is C15H26O2. The van der Waals surface area contributed by atoms with E-state index in [4.69, 9.17) is 4.74 Å². The van der Waals surface area contributed by atoms with Gasteiger partial charge in [-0.25, -0.2) is 0 Å². The van der Waals surface area contributed by atoms with Gasteiger partial charge in [-0.1, -0.05) is 23.3 Å². The molecule has 0 fully saturated rings. The minimum absolute atomic E-state index is 0.0225. The molecule has 0 aromatic heterocycles. The van der Waals surface area contributed by atoms with Crippen molar-refractivity contribution < 1.29 is 9.53 Å². The SMILES string of the molecule is CC(=O)O[C@H](C)CC/C=C(\C)CCC=C(C)C. The number of carbonyl (C=O) groups is 1. The lowest BCUT2D eigenvalue weighted by Gasteiger charge is -2.10. The van der Waals surface area contributed by atoms with Crippen LogP contribution in [0.15, 0.2) is 23.3 Å². The number of esters is 1. The van der Waals surface area contributed by atoms with Crippen molar-refractivity contribution in [3.63, 3.8) is 0 Å². The molecule has 0 aliphatic carbocycles. The van der Waals surface area contributed by atoms with E-state index in [2.05, 4.69) is 32.9 Å². The highest BCUT2D eigenvalue weighted by Crippen LogP contribution is 2.10. The molecule has 0 aliphatic heterocycles. The Bertz CT molecular complexity index is 283. The number of rotatable bonds is 7. The van der Waals surface area contributed by atoms with Gasteiger partial charge in [-0.3, -0.25) is 4.79 Å². The molecule has 0 unspecified atom stereocenters. The quantitative estimate of drug-likeness (QED) is 0.485. The molecule has 17 heavy (non-hydrogen) atoms. The lowest BCUT2D eigenvalue weighted by Crippen LogP contribution is -2.11. The van der Waals surface area contributed by atoms with Crippen molar-refractivity contribution in [3.05, 3.63) is 23.3 Å². The molecule has 0 aliphatic rings. The van der Waals surface area contributed by atoms with Gasteiger partial charge in [0.2, 0.25) is 0 Å². The van der Waals surface area contributed by atoms with Gasteiger partial charge in [-0.05, 0) is 53.4 Å². The molecule has 0 aromatic carbocycles. The number of hydrogen-bond donors (Lipinski definition) is 0. The lowest BCUT2D eigenvalue weighted by atomic mass is 10.1. The molecule has 0 saturated carbocycles. The molecule has 2 heteroatoms. The lowest BCUT2D eigenvalue weighted by molar-refractivity contribution is -0.145. The van der Waals surface area contributed by atoms with Gasteiger partial charge >= 0.3 is 5.97 Å². The van der Waals surface area contributed by atoms with E-state index in [1.807, 2.05) is 6.92 Å². The average molecular weight is 238 g/mol. The van der Waals surface area contributed by atoms with Gasteiger partial charge in [0.25, 0.3) is 0 Å². The van der Waals surface area contributed by atoms with E-state index in [9.17, 15) is 4.79 Å². The normalized spacial score (nSPS) is 13.1. The van der Waals surface area contributed by atoms with E-state index in [1.54, 1.807) is 0 Å². The number of hydrogen-bond acceptors (Lipinski definition) is 2. The van der Waals surface area contributed by atoms with Crippen LogP contribution in [-0.2, 0) is 9.53 Å². The molecule has 0 N–H and O–H groups in total. The first-order chi connectivity index (χ1) is 7.91. The summed E-state index contributed by atoms with van der Waals surface area (Å²) in [6.45, 7) is 9.81. The Labute approximate surface area is 106 Å². The molecule has 0 heterocycles. The van der Waals surface area contributed by atoms with Crippen molar-refractivity contribution in [2.45, 2.75) is 66.4 Å². The summed E-state index contributed by atoms with van der Waals surface area (Å²) < 4.78 is 5.07. The maximum absolute atomic E-state index is 10.7. The summed E-state index contributed by atoms with van der Waals surface area (Å²) in [5.74, 6) is -0.193. The minimum atomic E-state index is -0.193. The average Bonchev–Trinajstić information content (AvgIpc) is 2.15. The fraction of sp³-hybridized carbons (Fsp3) is 0.667. The van der Waals surface area contributed by atoms with Gasteiger partial charge < -0.3 is 4.74 Å². The Morgan fingerprint density at radius 3 is 2.29 bits per heavy atom. The molecule has 0 rings (SSSR count). The number of carbonyl (C=O) groups excluding carboxylic acids is 1. The Kier molecular flexibility index (Phi) is 8.47. The van der Waals surface area contributed by atoms with Crippen molar-refractivity contribution in [1.82, 2.24) is 0 Å². The minimum Gasteiger partial charge on any atom is -0.463 e. The van der Waals surface area contributed by atoms with Gasteiger partial charge in [0, 0.05) is 6.92 Å². The zero-order chi connectivity index (χ0) is 13.3. The largest absolute Gasteiger partial charge is 0.463 e. The van der Waals surface area contributed by atoms with Crippen LogP contribution in [0.1, 0.15) is 60.3 Å². The first kappa shape index (κ1) is 16.0. The fourth-order valence-corrected chi connectivity index (χ4v) is 1.60. The van der Waals surface area contributed by atoms with Crippen LogP contribution in [0.5, 0.6) is 0 Å². The Morgan fingerprint density at radius 2 is 1.76 bits per heavy atom. The zero-order valence-electron chi connectivity index (χ0n) is 11.9. The van der Waals surface area contributed by atoms with E-state index in [0.29, 0.717) is 0 Å². The predicted molar refractivity (Wildman–Crippen MR) is 72.9 cm³/mol. The fourth-order valence-electron chi connectivity index (χ4n) is 1.60. The Hall–Kier alpha value is -1.05. The summed E-state index contributed by atoms with van der Waals surface area (Å²) in [5.41, 5.74) is 2.79. The topological polar surface area (TPSA) is 26.3 Å². The van der Waals surface area contributed by atoms with Crippen molar-refractivity contribution >= 4 is 5.97 Å². The van der Waals surface area contributed by atoms with E-state index in [1.165, 1.54) is 18.1 Å². The molecule has 0 saturated heterocycles. The second kappa shape index (κ2) is 9.03. The molecule has 0 radical (unpaired) electrons. The number of ether oxygens (including phenoxy) is 1. The Morgan fingerprint density at radius 1 is 1.12 bits per heavy atom. The van der Waals surface area contributed by atoms with Crippen LogP contribution >= 0.6 is 0 Å². The highest BCUT2D eigenvalue weighted by atomic mass is 16.5. The van der Waals surface area contributed by atoms with Gasteiger partial charge in [0.15, 0.2) is 0 Å². The monoisotopic (exact) mass is 238 g/mol. The molecule has 1 atom stereocenters. The summed E-state index contributed by atoms with van der Waals surface area (Å²) in [4.78, 5) is 10.7. The molecule has 0 spiro atoms. The summed E-state index contributed by atoms with van der Waals surface area (Å²) in [5, 5.41) is 0. The van der Waals surface area contributed by atoms with Gasteiger partial charge in [-0.2, -0.15) is 0 Å². The van der Waals surface area contributed by atoms with Crippen molar-refractivity contribution in [3.8, 4) is 0 Å². The van der Waals surface area contributed by atoms with E-state index < -0.39 is 0 Å². The van der Waals surface area contributed by atoms with E-state index >= 15 is 0 Å².